The van der Waals surface area contributed by atoms with E-state index in [0.29, 0.717) is 11.3 Å². The van der Waals surface area contributed by atoms with E-state index in [4.69, 9.17) is 6.57 Å². The molecular formula is C28H16N2. The van der Waals surface area contributed by atoms with Gasteiger partial charge in [-0.1, -0.05) is 84.9 Å². The highest BCUT2D eigenvalue weighted by Crippen LogP contribution is 2.43. The normalized spacial score (nSPS) is 10.6. The molecule has 0 saturated heterocycles. The summed E-state index contributed by atoms with van der Waals surface area (Å²) in [6, 6.07) is 34.7. The molecule has 0 aliphatic rings. The van der Waals surface area contributed by atoms with Crippen LogP contribution in [0, 0.1) is 17.9 Å². The van der Waals surface area contributed by atoms with Crippen LogP contribution in [0.1, 0.15) is 5.56 Å². The number of fused-ring (bicyclic) bond motifs is 2. The Morgan fingerprint density at radius 1 is 0.567 bits per heavy atom. The molecule has 2 nitrogen and oxygen atoms in total. The lowest BCUT2D eigenvalue weighted by atomic mass is 9.86. The van der Waals surface area contributed by atoms with E-state index in [1.807, 2.05) is 48.5 Å². The van der Waals surface area contributed by atoms with Gasteiger partial charge < -0.3 is 0 Å². The van der Waals surface area contributed by atoms with Gasteiger partial charge in [0.2, 0.25) is 0 Å². The van der Waals surface area contributed by atoms with E-state index in [1.54, 1.807) is 0 Å². The summed E-state index contributed by atoms with van der Waals surface area (Å²) in [5.74, 6) is 0. The highest BCUT2D eigenvalue weighted by Gasteiger charge is 2.16. The molecule has 0 unspecified atom stereocenters. The van der Waals surface area contributed by atoms with Gasteiger partial charge in [-0.25, -0.2) is 4.85 Å². The lowest BCUT2D eigenvalue weighted by Gasteiger charge is -2.17. The Bertz CT molecular complexity index is 1310. The summed E-state index contributed by atoms with van der Waals surface area (Å²) >= 11 is 0. The molecule has 0 aliphatic carbocycles. The third-order valence-electron chi connectivity index (χ3n) is 5.52. The molecule has 0 aliphatic heterocycles. The first kappa shape index (κ1) is 17.7. The third kappa shape index (κ3) is 2.80. The molecule has 138 valence electrons. The van der Waals surface area contributed by atoms with Crippen LogP contribution in [0.25, 0.3) is 48.6 Å². The molecule has 0 amide bonds. The molecule has 0 spiro atoms. The highest BCUT2D eigenvalue weighted by molar-refractivity contribution is 6.21. The summed E-state index contributed by atoms with van der Waals surface area (Å²) in [6.07, 6.45) is 0. The van der Waals surface area contributed by atoms with Gasteiger partial charge in [0.05, 0.1) is 18.2 Å². The molecule has 0 radical (unpaired) electrons. The molecule has 0 bridgehead atoms. The van der Waals surface area contributed by atoms with Gasteiger partial charge in [-0.15, -0.1) is 0 Å². The molecule has 0 fully saturated rings. The minimum Gasteiger partial charge on any atom is -0.238 e. The summed E-state index contributed by atoms with van der Waals surface area (Å²) in [4.78, 5) is 3.52. The van der Waals surface area contributed by atoms with Crippen molar-refractivity contribution >= 4 is 27.2 Å². The molecule has 5 aromatic rings. The molecule has 5 rings (SSSR count). The van der Waals surface area contributed by atoms with Crippen LogP contribution in [0.2, 0.25) is 0 Å². The van der Waals surface area contributed by atoms with Crippen LogP contribution in [0.15, 0.2) is 97.1 Å². The standard InChI is InChI=1S/C28H16N2/c1-30-22-16-14-21(15-17-22)28-25-8-4-2-6-23(25)27(24-7-3-5-9-26(24)28)20-12-10-19(18-29)11-13-20/h2-17H. The van der Waals surface area contributed by atoms with Crippen molar-refractivity contribution in [2.24, 2.45) is 0 Å². The second-order valence-electron chi connectivity index (χ2n) is 7.19. The lowest BCUT2D eigenvalue weighted by molar-refractivity contribution is 1.49. The summed E-state index contributed by atoms with van der Waals surface area (Å²) < 4.78 is 0. The average molecular weight is 380 g/mol. The van der Waals surface area contributed by atoms with Crippen LogP contribution < -0.4 is 0 Å². The third-order valence-corrected chi connectivity index (χ3v) is 5.52. The zero-order valence-corrected chi connectivity index (χ0v) is 16.1. The number of nitrogens with zero attached hydrogens (tertiary/aromatic N) is 2. The molecule has 0 aromatic heterocycles. The Kier molecular flexibility index (Phi) is 4.25. The van der Waals surface area contributed by atoms with Crippen LogP contribution in [-0.4, -0.2) is 0 Å². The van der Waals surface area contributed by atoms with Gasteiger partial charge in [0.25, 0.3) is 0 Å². The number of nitriles is 1. The SMILES string of the molecule is [C-]#[N+]c1ccc(-c2c3ccccc3c(-c3ccc(C#N)cc3)c3ccccc23)cc1. The van der Waals surface area contributed by atoms with Crippen molar-refractivity contribution in [3.63, 3.8) is 0 Å². The second-order valence-corrected chi connectivity index (χ2v) is 7.19. The minimum atomic E-state index is 0.640. The summed E-state index contributed by atoms with van der Waals surface area (Å²) in [6.45, 7) is 7.24. The van der Waals surface area contributed by atoms with E-state index in [9.17, 15) is 5.26 Å². The highest BCUT2D eigenvalue weighted by atomic mass is 14.6. The Morgan fingerprint density at radius 3 is 1.33 bits per heavy atom. The fourth-order valence-corrected chi connectivity index (χ4v) is 4.16. The van der Waals surface area contributed by atoms with Gasteiger partial charge in [0.15, 0.2) is 5.69 Å². The van der Waals surface area contributed by atoms with Gasteiger partial charge in [0.1, 0.15) is 0 Å². The van der Waals surface area contributed by atoms with Crippen LogP contribution in [-0.2, 0) is 0 Å². The van der Waals surface area contributed by atoms with Crippen molar-refractivity contribution in [3.05, 3.63) is 114 Å². The fraction of sp³-hybridized carbons (Fsp3) is 0. The van der Waals surface area contributed by atoms with Crippen LogP contribution in [0.3, 0.4) is 0 Å². The van der Waals surface area contributed by atoms with E-state index < -0.39 is 0 Å². The zero-order chi connectivity index (χ0) is 20.5. The first-order valence-electron chi connectivity index (χ1n) is 9.72. The lowest BCUT2D eigenvalue weighted by Crippen LogP contribution is -1.90. The van der Waals surface area contributed by atoms with Crippen molar-refractivity contribution in [3.8, 4) is 28.3 Å². The summed E-state index contributed by atoms with van der Waals surface area (Å²) in [7, 11) is 0. The first-order chi connectivity index (χ1) is 14.8. The van der Waals surface area contributed by atoms with Gasteiger partial charge in [-0.3, -0.25) is 0 Å². The van der Waals surface area contributed by atoms with Crippen LogP contribution >= 0.6 is 0 Å². The zero-order valence-electron chi connectivity index (χ0n) is 16.1. The Hall–Kier alpha value is -4.40. The molecule has 0 N–H and O–H groups in total. The molecular weight excluding hydrogens is 364 g/mol. The topological polar surface area (TPSA) is 28.1 Å². The number of hydrogen-bond acceptors (Lipinski definition) is 1. The Balaban J connectivity index is 1.91. The van der Waals surface area contributed by atoms with Crippen LogP contribution in [0.4, 0.5) is 5.69 Å². The van der Waals surface area contributed by atoms with E-state index in [1.165, 1.54) is 32.7 Å². The van der Waals surface area contributed by atoms with Crippen molar-refractivity contribution in [2.75, 3.05) is 0 Å². The van der Waals surface area contributed by atoms with E-state index in [-0.39, 0.29) is 0 Å². The van der Waals surface area contributed by atoms with Gasteiger partial charge in [-0.2, -0.15) is 5.26 Å². The molecule has 0 heterocycles. The molecule has 0 saturated carbocycles. The second kappa shape index (κ2) is 7.21. The largest absolute Gasteiger partial charge is 0.238 e. The maximum atomic E-state index is 9.17. The summed E-state index contributed by atoms with van der Waals surface area (Å²) in [5.41, 5.74) is 5.84. The van der Waals surface area contributed by atoms with Crippen molar-refractivity contribution in [1.29, 1.82) is 5.26 Å². The number of hydrogen-bond donors (Lipinski definition) is 0. The van der Waals surface area contributed by atoms with Gasteiger partial charge in [-0.05, 0) is 55.9 Å². The Labute approximate surface area is 175 Å². The predicted molar refractivity (Wildman–Crippen MR) is 123 cm³/mol. The number of rotatable bonds is 2. The number of benzene rings is 5. The van der Waals surface area contributed by atoms with E-state index in [2.05, 4.69) is 59.4 Å². The maximum Gasteiger partial charge on any atom is 0.187 e. The van der Waals surface area contributed by atoms with E-state index >= 15 is 0 Å². The van der Waals surface area contributed by atoms with E-state index in [0.717, 1.165) is 11.1 Å². The van der Waals surface area contributed by atoms with Gasteiger partial charge >= 0.3 is 0 Å². The first-order valence-corrected chi connectivity index (χ1v) is 9.72. The molecule has 5 aromatic carbocycles. The quantitative estimate of drug-likeness (QED) is 0.227. The fourth-order valence-electron chi connectivity index (χ4n) is 4.16. The van der Waals surface area contributed by atoms with Crippen molar-refractivity contribution in [2.45, 2.75) is 0 Å². The monoisotopic (exact) mass is 380 g/mol. The van der Waals surface area contributed by atoms with Crippen LogP contribution in [0.5, 0.6) is 0 Å². The maximum absolute atomic E-state index is 9.17. The Morgan fingerprint density at radius 2 is 0.967 bits per heavy atom. The molecule has 30 heavy (non-hydrogen) atoms. The smallest absolute Gasteiger partial charge is 0.187 e. The van der Waals surface area contributed by atoms with Gasteiger partial charge in [0, 0.05) is 0 Å². The predicted octanol–water partition coefficient (Wildman–Crippen LogP) is 7.75. The minimum absolute atomic E-state index is 0.640. The average Bonchev–Trinajstić information content (AvgIpc) is 2.82. The molecule has 0 atom stereocenters. The van der Waals surface area contributed by atoms with Crippen molar-refractivity contribution in [1.82, 2.24) is 0 Å². The van der Waals surface area contributed by atoms with Crippen molar-refractivity contribution < 1.29 is 0 Å². The molecule has 2 heteroatoms. The summed E-state index contributed by atoms with van der Waals surface area (Å²) in [5, 5.41) is 13.9.